The molecule has 3 nitrogen and oxygen atoms in total. The van der Waals surface area contributed by atoms with Crippen LogP contribution in [-0.4, -0.2) is 22.4 Å². The van der Waals surface area contributed by atoms with Crippen molar-refractivity contribution < 1.29 is 13.2 Å². The Bertz CT molecular complexity index is 522. The molecule has 0 bridgehead atoms. The Kier molecular flexibility index (Phi) is 2.15. The summed E-state index contributed by atoms with van der Waals surface area (Å²) in [5.41, 5.74) is -0.928. The minimum absolute atomic E-state index is 0.0992. The van der Waals surface area contributed by atoms with E-state index in [-0.39, 0.29) is 16.4 Å². The minimum atomic E-state index is -4.47. The summed E-state index contributed by atoms with van der Waals surface area (Å²) in [6.07, 6.45) is -3.69. The molecule has 0 spiro atoms. The van der Waals surface area contributed by atoms with Crippen LogP contribution in [0.25, 0.3) is 5.65 Å². The van der Waals surface area contributed by atoms with E-state index in [0.29, 0.717) is 0 Å². The Balaban J connectivity index is 2.72. The third kappa shape index (κ3) is 1.79. The van der Waals surface area contributed by atoms with Crippen LogP contribution in [0, 0.1) is 0 Å². The molecule has 0 aliphatic carbocycles. The van der Waals surface area contributed by atoms with Gasteiger partial charge in [-0.25, -0.2) is 9.50 Å². The quantitative estimate of drug-likeness (QED) is 0.638. The second-order valence-electron chi connectivity index (χ2n) is 2.81. The lowest BCUT2D eigenvalue weighted by Crippen LogP contribution is -2.08. The number of nitrogens with zero attached hydrogens (tertiary/aromatic N) is 3. The average molecular weight is 231 g/mol. The highest BCUT2D eigenvalue weighted by Crippen LogP contribution is 2.31. The number of pyridine rings is 1. The first-order valence-corrected chi connectivity index (χ1v) is 4.14. The van der Waals surface area contributed by atoms with Crippen molar-refractivity contribution in [1.82, 2.24) is 14.6 Å². The van der Waals surface area contributed by atoms with Gasteiger partial charge in [-0.1, -0.05) is 11.6 Å². The van der Waals surface area contributed by atoms with Crippen LogP contribution in [0.2, 0.25) is 5.02 Å². The highest BCUT2D eigenvalue weighted by molar-refractivity contribution is 6.34. The van der Waals surface area contributed by atoms with Gasteiger partial charge in [-0.15, -0.1) is 0 Å². The normalized spacial score (nSPS) is 12.3. The van der Waals surface area contributed by atoms with E-state index < -0.39 is 11.7 Å². The Hall–Kier alpha value is -1.24. The third-order valence-electron chi connectivity index (χ3n) is 1.73. The molecule has 0 aliphatic rings. The van der Waals surface area contributed by atoms with Gasteiger partial charge in [-0.2, -0.15) is 18.3 Å². The first-order chi connectivity index (χ1) is 6.88. The topological polar surface area (TPSA) is 30.2 Å². The molecule has 0 amide bonds. The Morgan fingerprint density at radius 1 is 1.40 bits per heavy atom. The zero-order valence-corrected chi connectivity index (χ0v) is 7.84. The predicted molar refractivity (Wildman–Crippen MR) is 48.4 cm³/mol. The Morgan fingerprint density at radius 3 is 2.67 bits per heavy atom. The van der Waals surface area contributed by atoms with Crippen LogP contribution in [0.1, 0.15) is 5.56 Å². The summed E-state index contributed by atoms with van der Waals surface area (Å²) >= 11 is 5.60. The number of hydrogen-bond acceptors (Lipinski definition) is 2. The van der Waals surface area contributed by atoms with Crippen molar-refractivity contribution in [3.63, 3.8) is 0 Å². The van der Waals surface area contributed by atoms with Crippen LogP contribution < -0.4 is 5.72 Å². The van der Waals surface area contributed by atoms with E-state index >= 15 is 0 Å². The van der Waals surface area contributed by atoms with Gasteiger partial charge in [0.2, 0.25) is 0 Å². The van der Waals surface area contributed by atoms with E-state index in [9.17, 15) is 13.2 Å². The maximum absolute atomic E-state index is 12.4. The third-order valence-corrected chi connectivity index (χ3v) is 2.01. The summed E-state index contributed by atoms with van der Waals surface area (Å²) in [6.45, 7) is 0. The molecule has 0 saturated carbocycles. The standard InChI is InChI=1S/C7H2BClF3N3/c8-6-13-5-4(9)1-3(7(10,11)12)2-15(5)14-6/h1-2H. The fourth-order valence-electron chi connectivity index (χ4n) is 1.12. The molecule has 0 fully saturated rings. The van der Waals surface area contributed by atoms with Crippen molar-refractivity contribution in [3.8, 4) is 0 Å². The average Bonchev–Trinajstić information content (AvgIpc) is 2.44. The van der Waals surface area contributed by atoms with Gasteiger partial charge in [-0.05, 0) is 6.07 Å². The number of halogens is 4. The largest absolute Gasteiger partial charge is 0.417 e. The number of fused-ring (bicyclic) bond motifs is 1. The molecule has 0 N–H and O–H groups in total. The summed E-state index contributed by atoms with van der Waals surface area (Å²) in [4.78, 5) is 3.67. The second kappa shape index (κ2) is 3.13. The maximum atomic E-state index is 12.4. The molecular formula is C7H2BClF3N3. The molecule has 0 atom stereocenters. The molecule has 2 heterocycles. The first-order valence-electron chi connectivity index (χ1n) is 3.76. The smallest absolute Gasteiger partial charge is 0.223 e. The second-order valence-corrected chi connectivity index (χ2v) is 3.22. The number of rotatable bonds is 0. The number of aromatic nitrogens is 3. The van der Waals surface area contributed by atoms with Crippen molar-refractivity contribution >= 4 is 30.8 Å². The molecule has 76 valence electrons. The van der Waals surface area contributed by atoms with Gasteiger partial charge < -0.3 is 0 Å². The van der Waals surface area contributed by atoms with Gasteiger partial charge in [-0.3, -0.25) is 0 Å². The van der Waals surface area contributed by atoms with Crippen LogP contribution in [0.4, 0.5) is 13.2 Å². The van der Waals surface area contributed by atoms with E-state index in [1.165, 1.54) is 0 Å². The van der Waals surface area contributed by atoms with E-state index in [2.05, 4.69) is 10.1 Å². The maximum Gasteiger partial charge on any atom is 0.417 e. The monoisotopic (exact) mass is 231 g/mol. The van der Waals surface area contributed by atoms with Crippen LogP contribution in [0.3, 0.4) is 0 Å². The van der Waals surface area contributed by atoms with E-state index in [0.717, 1.165) is 16.8 Å². The molecular weight excluding hydrogens is 229 g/mol. The van der Waals surface area contributed by atoms with Crippen molar-refractivity contribution in [3.05, 3.63) is 22.8 Å². The first kappa shape index (κ1) is 10.3. The van der Waals surface area contributed by atoms with Gasteiger partial charge >= 0.3 is 6.18 Å². The number of hydrogen-bond donors (Lipinski definition) is 0. The summed E-state index contributed by atoms with van der Waals surface area (Å²) in [6, 6.07) is 0.783. The van der Waals surface area contributed by atoms with Crippen molar-refractivity contribution in [2.75, 3.05) is 0 Å². The highest BCUT2D eigenvalue weighted by atomic mass is 35.5. The lowest BCUT2D eigenvalue weighted by Gasteiger charge is -2.06. The predicted octanol–water partition coefficient (Wildman–Crippen LogP) is 1.20. The summed E-state index contributed by atoms with van der Waals surface area (Å²) in [7, 11) is 5.24. The SMILES string of the molecule is [B]c1nc2c(Cl)cc(C(F)(F)F)cn2n1. The lowest BCUT2D eigenvalue weighted by atomic mass is 10.1. The zero-order valence-electron chi connectivity index (χ0n) is 7.09. The fraction of sp³-hybridized carbons (Fsp3) is 0.143. The molecule has 0 aromatic carbocycles. The molecule has 0 unspecified atom stereocenters. The Labute approximate surface area is 88.3 Å². The molecule has 2 aromatic heterocycles. The molecule has 2 aromatic rings. The van der Waals surface area contributed by atoms with Gasteiger partial charge in [0, 0.05) is 6.20 Å². The van der Waals surface area contributed by atoms with Crippen molar-refractivity contribution in [2.45, 2.75) is 6.18 Å². The van der Waals surface area contributed by atoms with Crippen LogP contribution in [-0.2, 0) is 6.18 Å². The summed E-state index contributed by atoms with van der Waals surface area (Å²) in [5.74, 6) is 0. The lowest BCUT2D eigenvalue weighted by molar-refractivity contribution is -0.137. The van der Waals surface area contributed by atoms with Gasteiger partial charge in [0.1, 0.15) is 0 Å². The molecule has 8 heteroatoms. The van der Waals surface area contributed by atoms with Gasteiger partial charge in [0.15, 0.2) is 13.5 Å². The molecule has 0 saturated heterocycles. The van der Waals surface area contributed by atoms with Crippen LogP contribution in [0.15, 0.2) is 12.3 Å². The molecule has 0 aliphatic heterocycles. The van der Waals surface area contributed by atoms with Gasteiger partial charge in [0.05, 0.1) is 16.3 Å². The molecule has 2 radical (unpaired) electrons. The minimum Gasteiger partial charge on any atom is -0.223 e. The molecule has 2 rings (SSSR count). The van der Waals surface area contributed by atoms with Crippen molar-refractivity contribution in [1.29, 1.82) is 0 Å². The van der Waals surface area contributed by atoms with Gasteiger partial charge in [0.25, 0.3) is 0 Å². The van der Waals surface area contributed by atoms with Crippen molar-refractivity contribution in [2.24, 2.45) is 0 Å². The Morgan fingerprint density at radius 2 is 2.07 bits per heavy atom. The highest BCUT2D eigenvalue weighted by Gasteiger charge is 2.32. The fourth-order valence-corrected chi connectivity index (χ4v) is 1.36. The summed E-state index contributed by atoms with van der Waals surface area (Å²) in [5, 5.41) is 3.40. The van der Waals surface area contributed by atoms with Crippen LogP contribution >= 0.6 is 11.6 Å². The molecule has 15 heavy (non-hydrogen) atoms. The zero-order chi connectivity index (χ0) is 11.2. The van der Waals surface area contributed by atoms with E-state index in [4.69, 9.17) is 19.4 Å². The summed E-state index contributed by atoms with van der Waals surface area (Å²) < 4.78 is 38.0. The van der Waals surface area contributed by atoms with Crippen LogP contribution in [0.5, 0.6) is 0 Å². The van der Waals surface area contributed by atoms with E-state index in [1.54, 1.807) is 0 Å². The van der Waals surface area contributed by atoms with E-state index in [1.807, 2.05) is 0 Å². The number of alkyl halides is 3.